The van der Waals surface area contributed by atoms with Crippen LogP contribution in [0.3, 0.4) is 0 Å². The number of methoxy groups -OCH3 is 1. The van der Waals surface area contributed by atoms with E-state index in [1.807, 2.05) is 12.1 Å². The van der Waals surface area contributed by atoms with E-state index < -0.39 is 0 Å². The van der Waals surface area contributed by atoms with E-state index in [1.54, 1.807) is 13.2 Å². The number of benzene rings is 2. The summed E-state index contributed by atoms with van der Waals surface area (Å²) < 4.78 is 16.5. The molecular formula is C22H30N2O4. The summed E-state index contributed by atoms with van der Waals surface area (Å²) >= 11 is 0. The molecule has 2 rings (SSSR count). The quantitative estimate of drug-likeness (QED) is 0.580. The number of rotatable bonds is 11. The predicted octanol–water partition coefficient (Wildman–Crippen LogP) is 2.53. The molecule has 6 heteroatoms. The Bertz CT molecular complexity index is 777. The van der Waals surface area contributed by atoms with Crippen LogP contribution in [-0.4, -0.2) is 39.3 Å². The summed E-state index contributed by atoms with van der Waals surface area (Å²) in [6.07, 6.45) is 0.269. The van der Waals surface area contributed by atoms with Crippen LogP contribution in [0.2, 0.25) is 0 Å². The van der Waals surface area contributed by atoms with Crippen molar-refractivity contribution in [3.8, 4) is 11.5 Å². The van der Waals surface area contributed by atoms with Gasteiger partial charge in [-0.2, -0.15) is 0 Å². The molecule has 0 aliphatic heterocycles. The van der Waals surface area contributed by atoms with Gasteiger partial charge in [0.25, 0.3) is 0 Å². The molecule has 28 heavy (non-hydrogen) atoms. The van der Waals surface area contributed by atoms with E-state index in [9.17, 15) is 4.79 Å². The number of aryl methyl sites for hydroxylation is 2. The molecule has 152 valence electrons. The summed E-state index contributed by atoms with van der Waals surface area (Å²) in [6.45, 7) is 6.50. The average molecular weight is 386 g/mol. The smallest absolute Gasteiger partial charge is 0.224 e. The molecule has 0 fully saturated rings. The van der Waals surface area contributed by atoms with Crippen LogP contribution in [0.25, 0.3) is 0 Å². The first-order valence-corrected chi connectivity index (χ1v) is 9.44. The van der Waals surface area contributed by atoms with Gasteiger partial charge in [0, 0.05) is 13.1 Å². The topological polar surface area (TPSA) is 82.8 Å². The van der Waals surface area contributed by atoms with Gasteiger partial charge in [0.05, 0.1) is 26.7 Å². The Morgan fingerprint density at radius 2 is 1.79 bits per heavy atom. The van der Waals surface area contributed by atoms with E-state index in [0.717, 1.165) is 11.1 Å². The second-order valence-corrected chi connectivity index (χ2v) is 6.62. The summed E-state index contributed by atoms with van der Waals surface area (Å²) in [7, 11) is 1.57. The van der Waals surface area contributed by atoms with Crippen LogP contribution in [0, 0.1) is 13.8 Å². The van der Waals surface area contributed by atoms with E-state index in [1.165, 1.54) is 11.1 Å². The lowest BCUT2D eigenvalue weighted by Crippen LogP contribution is -2.28. The molecule has 0 saturated carbocycles. The predicted molar refractivity (Wildman–Crippen MR) is 110 cm³/mol. The summed E-state index contributed by atoms with van der Waals surface area (Å²) in [5, 5.41) is 2.87. The van der Waals surface area contributed by atoms with Crippen LogP contribution in [0.15, 0.2) is 36.4 Å². The zero-order valence-corrected chi connectivity index (χ0v) is 16.9. The second-order valence-electron chi connectivity index (χ2n) is 6.62. The minimum atomic E-state index is -0.0625. The molecule has 2 aromatic carbocycles. The molecule has 0 aromatic heterocycles. The highest BCUT2D eigenvalue weighted by Gasteiger charge is 2.09. The fourth-order valence-corrected chi connectivity index (χ4v) is 2.70. The Kier molecular flexibility index (Phi) is 8.78. The molecule has 0 aliphatic rings. The lowest BCUT2D eigenvalue weighted by atomic mass is 10.1. The van der Waals surface area contributed by atoms with E-state index >= 15 is 0 Å². The van der Waals surface area contributed by atoms with Crippen LogP contribution < -0.4 is 20.5 Å². The highest BCUT2D eigenvalue weighted by atomic mass is 16.5. The third-order valence-corrected chi connectivity index (χ3v) is 4.38. The minimum Gasteiger partial charge on any atom is -0.493 e. The second kappa shape index (κ2) is 11.3. The van der Waals surface area contributed by atoms with Gasteiger partial charge in [-0.15, -0.1) is 0 Å². The number of nitrogens with one attached hydrogen (secondary N) is 1. The molecule has 0 spiro atoms. The lowest BCUT2D eigenvalue weighted by molar-refractivity contribution is -0.120. The third kappa shape index (κ3) is 6.87. The van der Waals surface area contributed by atoms with Gasteiger partial charge in [0.1, 0.15) is 6.61 Å². The SMILES string of the molecule is COc1cc(CC(=O)NCCOCc2ccc(C)c(C)c2)ccc1OCCN. The van der Waals surface area contributed by atoms with Crippen molar-refractivity contribution in [1.82, 2.24) is 5.32 Å². The van der Waals surface area contributed by atoms with Crippen LogP contribution >= 0.6 is 0 Å². The van der Waals surface area contributed by atoms with Crippen molar-refractivity contribution in [3.05, 3.63) is 58.7 Å². The molecule has 0 aliphatic carbocycles. The molecule has 1 amide bonds. The molecule has 0 atom stereocenters. The molecule has 2 aromatic rings. The van der Waals surface area contributed by atoms with E-state index in [4.69, 9.17) is 19.9 Å². The number of ether oxygens (including phenoxy) is 3. The summed E-state index contributed by atoms with van der Waals surface area (Å²) in [5.41, 5.74) is 9.96. The summed E-state index contributed by atoms with van der Waals surface area (Å²) in [5.74, 6) is 1.15. The van der Waals surface area contributed by atoms with Gasteiger partial charge in [-0.05, 0) is 48.2 Å². The monoisotopic (exact) mass is 386 g/mol. The number of carbonyl (C=O) groups excluding carboxylic acids is 1. The zero-order valence-electron chi connectivity index (χ0n) is 16.9. The number of hydrogen-bond acceptors (Lipinski definition) is 5. The standard InChI is InChI=1S/C22H30N2O4/c1-16-4-5-19(12-17(16)2)15-27-11-9-24-22(25)14-18-6-7-20(28-10-8-23)21(13-18)26-3/h4-7,12-13H,8-11,14-15,23H2,1-3H3,(H,24,25). The third-order valence-electron chi connectivity index (χ3n) is 4.38. The Morgan fingerprint density at radius 1 is 1.00 bits per heavy atom. The van der Waals surface area contributed by atoms with Crippen molar-refractivity contribution in [2.24, 2.45) is 5.73 Å². The molecule has 0 bridgehead atoms. The summed E-state index contributed by atoms with van der Waals surface area (Å²) in [4.78, 5) is 12.1. The van der Waals surface area contributed by atoms with Crippen LogP contribution in [0.1, 0.15) is 22.3 Å². The fourth-order valence-electron chi connectivity index (χ4n) is 2.70. The Hall–Kier alpha value is -2.57. The minimum absolute atomic E-state index is 0.0625. The van der Waals surface area contributed by atoms with Crippen molar-refractivity contribution in [2.45, 2.75) is 26.9 Å². The van der Waals surface area contributed by atoms with Crippen LogP contribution in [0.5, 0.6) is 11.5 Å². The van der Waals surface area contributed by atoms with E-state index in [0.29, 0.717) is 44.4 Å². The Balaban J connectivity index is 1.72. The molecular weight excluding hydrogens is 356 g/mol. The fraction of sp³-hybridized carbons (Fsp3) is 0.409. The van der Waals surface area contributed by atoms with Gasteiger partial charge in [-0.1, -0.05) is 24.3 Å². The van der Waals surface area contributed by atoms with Crippen LogP contribution in [0.4, 0.5) is 0 Å². The van der Waals surface area contributed by atoms with Gasteiger partial charge >= 0.3 is 0 Å². The van der Waals surface area contributed by atoms with Gasteiger partial charge < -0.3 is 25.3 Å². The average Bonchev–Trinajstić information content (AvgIpc) is 2.69. The maximum Gasteiger partial charge on any atom is 0.224 e. The molecule has 6 nitrogen and oxygen atoms in total. The molecule has 0 heterocycles. The van der Waals surface area contributed by atoms with Crippen molar-refractivity contribution >= 4 is 5.91 Å². The highest BCUT2D eigenvalue weighted by Crippen LogP contribution is 2.28. The summed E-state index contributed by atoms with van der Waals surface area (Å²) in [6, 6.07) is 11.7. The van der Waals surface area contributed by atoms with E-state index in [-0.39, 0.29) is 12.3 Å². The lowest BCUT2D eigenvalue weighted by Gasteiger charge is -2.12. The van der Waals surface area contributed by atoms with E-state index in [2.05, 4.69) is 37.4 Å². The largest absolute Gasteiger partial charge is 0.493 e. The first kappa shape index (κ1) is 21.7. The van der Waals surface area contributed by atoms with Crippen molar-refractivity contribution < 1.29 is 19.0 Å². The maximum atomic E-state index is 12.1. The first-order valence-electron chi connectivity index (χ1n) is 9.44. The number of amides is 1. The molecule has 0 saturated heterocycles. The normalized spacial score (nSPS) is 10.6. The first-order chi connectivity index (χ1) is 13.5. The molecule has 0 unspecified atom stereocenters. The van der Waals surface area contributed by atoms with Gasteiger partial charge in [0.15, 0.2) is 11.5 Å². The highest BCUT2D eigenvalue weighted by molar-refractivity contribution is 5.78. The van der Waals surface area contributed by atoms with Crippen molar-refractivity contribution in [3.63, 3.8) is 0 Å². The molecule has 0 radical (unpaired) electrons. The molecule has 3 N–H and O–H groups in total. The van der Waals surface area contributed by atoms with Gasteiger partial charge in [-0.25, -0.2) is 0 Å². The van der Waals surface area contributed by atoms with Gasteiger partial charge in [0.2, 0.25) is 5.91 Å². The van der Waals surface area contributed by atoms with Crippen LogP contribution in [-0.2, 0) is 22.6 Å². The number of carbonyl (C=O) groups is 1. The van der Waals surface area contributed by atoms with Gasteiger partial charge in [-0.3, -0.25) is 4.79 Å². The maximum absolute atomic E-state index is 12.1. The zero-order chi connectivity index (χ0) is 20.4. The van der Waals surface area contributed by atoms with Crippen molar-refractivity contribution in [2.75, 3.05) is 33.4 Å². The Morgan fingerprint density at radius 3 is 2.50 bits per heavy atom. The van der Waals surface area contributed by atoms with Crippen molar-refractivity contribution in [1.29, 1.82) is 0 Å². The number of hydrogen-bond donors (Lipinski definition) is 2. The number of nitrogens with two attached hydrogens (primary N) is 1. The Labute approximate surface area is 167 Å².